The van der Waals surface area contributed by atoms with E-state index < -0.39 is 17.9 Å². The van der Waals surface area contributed by atoms with E-state index in [0.29, 0.717) is 23.1 Å². The minimum absolute atomic E-state index is 0.0582. The summed E-state index contributed by atoms with van der Waals surface area (Å²) in [5.41, 5.74) is 1.40. The van der Waals surface area contributed by atoms with Gasteiger partial charge in [-0.2, -0.15) is 0 Å². The van der Waals surface area contributed by atoms with E-state index in [1.165, 1.54) is 18.2 Å². The van der Waals surface area contributed by atoms with Crippen molar-refractivity contribution in [1.82, 2.24) is 4.48 Å². The van der Waals surface area contributed by atoms with E-state index in [-0.39, 0.29) is 17.7 Å². The Balaban J connectivity index is 1.89. The van der Waals surface area contributed by atoms with Crippen LogP contribution in [-0.2, 0) is 16.1 Å². The first kappa shape index (κ1) is 22.8. The molecule has 0 heterocycles. The summed E-state index contributed by atoms with van der Waals surface area (Å²) in [4.78, 5) is 34.4. The highest BCUT2D eigenvalue weighted by Crippen LogP contribution is 2.24. The van der Waals surface area contributed by atoms with Crippen molar-refractivity contribution in [2.45, 2.75) is 19.4 Å². The first-order valence-electron chi connectivity index (χ1n) is 9.51. The summed E-state index contributed by atoms with van der Waals surface area (Å²) in [6, 6.07) is 13.5. The van der Waals surface area contributed by atoms with Crippen LogP contribution in [0.25, 0.3) is 0 Å². The molecule has 30 heavy (non-hydrogen) atoms. The average Bonchev–Trinajstić information content (AvgIpc) is 2.72. The molecule has 0 saturated carbocycles. The summed E-state index contributed by atoms with van der Waals surface area (Å²) in [6.07, 6.45) is 4.49. The summed E-state index contributed by atoms with van der Waals surface area (Å²) in [7, 11) is 3.76. The number of benzene rings is 2. The highest BCUT2D eigenvalue weighted by molar-refractivity contribution is 5.95. The maximum Gasteiger partial charge on any atom is 0.335 e. The predicted molar refractivity (Wildman–Crippen MR) is 113 cm³/mol. The van der Waals surface area contributed by atoms with Gasteiger partial charge in [-0.3, -0.25) is 4.48 Å². The summed E-state index contributed by atoms with van der Waals surface area (Å²) in [6.45, 7) is 0.852. The number of allylic oxidation sites excluding steroid dienone is 1. The average molecular weight is 412 g/mol. The van der Waals surface area contributed by atoms with E-state index >= 15 is 0 Å². The number of carbonyl (C=O) groups is 3. The van der Waals surface area contributed by atoms with Gasteiger partial charge in [0, 0.05) is 24.6 Å². The summed E-state index contributed by atoms with van der Waals surface area (Å²) in [5, 5.41) is 18.5. The minimum atomic E-state index is -1.17. The first-order chi connectivity index (χ1) is 14.2. The van der Waals surface area contributed by atoms with Crippen LogP contribution in [0.15, 0.2) is 60.7 Å². The van der Waals surface area contributed by atoms with Crippen LogP contribution in [0.5, 0.6) is 0 Å². The fraction of sp³-hybridized carbons (Fsp3) is 0.261. The number of hydrogen-bond acceptors (Lipinski definition) is 4. The van der Waals surface area contributed by atoms with Crippen molar-refractivity contribution in [3.8, 4) is 0 Å². The molecule has 0 atom stereocenters. The van der Waals surface area contributed by atoms with Gasteiger partial charge >= 0.3 is 17.9 Å². The fourth-order valence-electron chi connectivity index (χ4n) is 2.90. The largest absolute Gasteiger partial charge is 0.478 e. The molecule has 0 saturated heterocycles. The molecule has 0 unspecified atom stereocenters. The number of carboxylic acids is 2. The second-order valence-corrected chi connectivity index (χ2v) is 7.43. The molecule has 0 aliphatic heterocycles. The zero-order chi connectivity index (χ0) is 22.1. The van der Waals surface area contributed by atoms with Gasteiger partial charge in [-0.15, -0.1) is 0 Å². The highest BCUT2D eigenvalue weighted by Gasteiger charge is 2.23. The molecular formula is C23H26NO6+. The second-order valence-electron chi connectivity index (χ2n) is 7.43. The van der Waals surface area contributed by atoms with E-state index in [9.17, 15) is 24.6 Å². The maximum absolute atomic E-state index is 11.8. The molecular weight excluding hydrogens is 386 g/mol. The summed E-state index contributed by atoms with van der Waals surface area (Å²) < 4.78 is 5.49. The Bertz CT molecular complexity index is 902. The van der Waals surface area contributed by atoms with Gasteiger partial charge in [0.15, 0.2) is 0 Å². The number of aromatic carboxylic acids is 2. The number of rotatable bonds is 10. The van der Waals surface area contributed by atoms with Crippen molar-refractivity contribution >= 4 is 23.6 Å². The number of nitrogens with zero attached hydrogens (tertiary/aromatic N) is 1. The standard InChI is InChI=1S/C23H25NO6/c1-24(2,20-14-18(22(26)27)13-19(15-20)23(28)29)12-8-4-7-11-21(25)30-16-17-9-5-3-6-10-17/h3,5-7,9-11,13-15H,4,8,12,16H2,1-2H3,(H-,26,27,28,29)/p+1. The summed E-state index contributed by atoms with van der Waals surface area (Å²) >= 11 is 0. The Kier molecular flexibility index (Phi) is 7.89. The molecule has 2 aromatic rings. The Morgan fingerprint density at radius 1 is 0.967 bits per heavy atom. The van der Waals surface area contributed by atoms with Crippen LogP contribution >= 0.6 is 0 Å². The van der Waals surface area contributed by atoms with Crippen LogP contribution in [0.1, 0.15) is 39.1 Å². The first-order valence-corrected chi connectivity index (χ1v) is 9.51. The van der Waals surface area contributed by atoms with Crippen LogP contribution in [0.2, 0.25) is 0 Å². The Morgan fingerprint density at radius 2 is 1.57 bits per heavy atom. The lowest BCUT2D eigenvalue weighted by atomic mass is 10.1. The molecule has 0 radical (unpaired) electrons. The van der Waals surface area contributed by atoms with Gasteiger partial charge in [0.05, 0.1) is 31.8 Å². The zero-order valence-corrected chi connectivity index (χ0v) is 17.1. The van der Waals surface area contributed by atoms with Crippen LogP contribution in [0.4, 0.5) is 5.69 Å². The lowest BCUT2D eigenvalue weighted by molar-refractivity contribution is -0.139. The van der Waals surface area contributed by atoms with E-state index in [0.717, 1.165) is 18.1 Å². The third-order valence-corrected chi connectivity index (χ3v) is 4.68. The number of carbonyl (C=O) groups excluding carboxylic acids is 1. The van der Waals surface area contributed by atoms with Gasteiger partial charge in [0.1, 0.15) is 12.3 Å². The lowest BCUT2D eigenvalue weighted by Gasteiger charge is -2.29. The van der Waals surface area contributed by atoms with Crippen molar-refractivity contribution in [3.63, 3.8) is 0 Å². The number of carboxylic acid groups (broad SMARTS) is 2. The molecule has 7 heteroatoms. The van der Waals surface area contributed by atoms with Crippen LogP contribution in [-0.4, -0.2) is 48.8 Å². The zero-order valence-electron chi connectivity index (χ0n) is 17.1. The van der Waals surface area contributed by atoms with Gasteiger partial charge in [0.25, 0.3) is 0 Å². The van der Waals surface area contributed by atoms with Crippen LogP contribution in [0.3, 0.4) is 0 Å². The number of hydrogen-bond donors (Lipinski definition) is 2. The Morgan fingerprint density at radius 3 is 2.13 bits per heavy atom. The molecule has 0 aliphatic carbocycles. The molecule has 158 valence electrons. The molecule has 0 fully saturated rings. The minimum Gasteiger partial charge on any atom is -0.478 e. The number of esters is 1. The van der Waals surface area contributed by atoms with Gasteiger partial charge in [-0.05, 0) is 18.1 Å². The highest BCUT2D eigenvalue weighted by atomic mass is 16.5. The van der Waals surface area contributed by atoms with Crippen molar-refractivity contribution in [3.05, 3.63) is 77.4 Å². The van der Waals surface area contributed by atoms with Crippen LogP contribution < -0.4 is 4.48 Å². The number of ether oxygens (including phenoxy) is 1. The quantitative estimate of drug-likeness (QED) is 0.267. The van der Waals surface area contributed by atoms with Crippen molar-refractivity contribution in [2.24, 2.45) is 0 Å². The smallest absolute Gasteiger partial charge is 0.335 e. The Labute approximate surface area is 175 Å². The lowest BCUT2D eigenvalue weighted by Crippen LogP contribution is -2.41. The Hall–Kier alpha value is -3.45. The molecule has 2 N–H and O–H groups in total. The molecule has 0 amide bonds. The molecule has 0 spiro atoms. The van der Waals surface area contributed by atoms with Gasteiger partial charge < -0.3 is 14.9 Å². The van der Waals surface area contributed by atoms with Gasteiger partial charge in [-0.1, -0.05) is 36.4 Å². The monoisotopic (exact) mass is 412 g/mol. The molecule has 0 aliphatic rings. The van der Waals surface area contributed by atoms with E-state index in [1.54, 1.807) is 6.08 Å². The normalized spacial score (nSPS) is 11.4. The maximum atomic E-state index is 11.8. The van der Waals surface area contributed by atoms with Crippen LogP contribution in [0, 0.1) is 0 Å². The number of quaternary nitrogens is 1. The topological polar surface area (TPSA) is 101 Å². The van der Waals surface area contributed by atoms with E-state index in [1.807, 2.05) is 44.4 Å². The predicted octanol–water partition coefficient (Wildman–Crippen LogP) is 3.73. The third-order valence-electron chi connectivity index (χ3n) is 4.68. The molecule has 2 rings (SSSR count). The molecule has 2 aromatic carbocycles. The van der Waals surface area contributed by atoms with Crippen molar-refractivity contribution in [1.29, 1.82) is 0 Å². The van der Waals surface area contributed by atoms with Gasteiger partial charge in [0.2, 0.25) is 0 Å². The molecule has 0 bridgehead atoms. The fourth-order valence-corrected chi connectivity index (χ4v) is 2.90. The molecule has 0 aromatic heterocycles. The molecule has 7 nitrogen and oxygen atoms in total. The third kappa shape index (κ3) is 6.86. The van der Waals surface area contributed by atoms with E-state index in [2.05, 4.69) is 0 Å². The SMILES string of the molecule is C[N+](C)(CCCC=CC(=O)OCc1ccccc1)c1cc(C(=O)O)cc(C(=O)O)c1. The van der Waals surface area contributed by atoms with Gasteiger partial charge in [-0.25, -0.2) is 14.4 Å². The van der Waals surface area contributed by atoms with E-state index in [4.69, 9.17) is 4.74 Å². The summed E-state index contributed by atoms with van der Waals surface area (Å²) in [5.74, 6) is -2.75. The van der Waals surface area contributed by atoms with Crippen molar-refractivity contribution < 1.29 is 29.3 Å². The van der Waals surface area contributed by atoms with Crippen molar-refractivity contribution in [2.75, 3.05) is 20.6 Å². The number of unbranched alkanes of at least 4 members (excludes halogenated alkanes) is 1. The second kappa shape index (κ2) is 10.4.